The number of nitrogens with zero attached hydrogens (tertiary/aromatic N) is 2. The molecule has 0 aromatic carbocycles. The van der Waals surface area contributed by atoms with Crippen molar-refractivity contribution in [2.24, 2.45) is 0 Å². The van der Waals surface area contributed by atoms with E-state index in [2.05, 4.69) is 17.7 Å². The summed E-state index contributed by atoms with van der Waals surface area (Å²) in [4.78, 5) is 10.5. The molecular formula is C8H12N2O2S. The molecule has 0 fully saturated rings. The molecule has 0 spiro atoms. The Kier molecular flexibility index (Phi) is 3.36. The minimum atomic E-state index is -0.896. The zero-order valence-electron chi connectivity index (χ0n) is 7.34. The number of aryl methyl sites for hydroxylation is 1. The summed E-state index contributed by atoms with van der Waals surface area (Å²) in [5.41, 5.74) is 0.907. The molecule has 13 heavy (non-hydrogen) atoms. The third kappa shape index (κ3) is 2.77. The summed E-state index contributed by atoms with van der Waals surface area (Å²) < 4.78 is 1.76. The maximum atomic E-state index is 10.5. The highest BCUT2D eigenvalue weighted by molar-refractivity contribution is 7.81. The molecule has 0 bridgehead atoms. The molecule has 1 unspecified atom stereocenters. The third-order valence-corrected chi connectivity index (χ3v) is 2.13. The fourth-order valence-corrected chi connectivity index (χ4v) is 1.21. The highest BCUT2D eigenvalue weighted by Gasteiger charge is 2.13. The Labute approximate surface area is 82.0 Å². The summed E-state index contributed by atoms with van der Waals surface area (Å²) in [6, 6.07) is 0. The van der Waals surface area contributed by atoms with Crippen molar-refractivity contribution in [1.82, 2.24) is 9.78 Å². The molecule has 0 saturated heterocycles. The van der Waals surface area contributed by atoms with Gasteiger partial charge in [0.05, 0.1) is 6.20 Å². The molecule has 5 heteroatoms. The second-order valence-electron chi connectivity index (χ2n) is 2.76. The van der Waals surface area contributed by atoms with E-state index in [0.29, 0.717) is 6.42 Å². The van der Waals surface area contributed by atoms with E-state index < -0.39 is 11.2 Å². The lowest BCUT2D eigenvalue weighted by atomic mass is 10.2. The Morgan fingerprint density at radius 3 is 3.00 bits per heavy atom. The average Bonchev–Trinajstić information content (AvgIpc) is 2.52. The van der Waals surface area contributed by atoms with E-state index in [0.717, 1.165) is 12.1 Å². The van der Waals surface area contributed by atoms with Crippen LogP contribution in [0.5, 0.6) is 0 Å². The van der Waals surface area contributed by atoms with Crippen LogP contribution in [0.25, 0.3) is 0 Å². The molecule has 1 N–H and O–H groups in total. The van der Waals surface area contributed by atoms with Crippen LogP contribution < -0.4 is 0 Å². The van der Waals surface area contributed by atoms with Crippen molar-refractivity contribution in [3.8, 4) is 0 Å². The summed E-state index contributed by atoms with van der Waals surface area (Å²) in [6.07, 6.45) is 3.93. The van der Waals surface area contributed by atoms with E-state index in [1.54, 1.807) is 10.9 Å². The number of thiol groups is 1. The van der Waals surface area contributed by atoms with Crippen molar-refractivity contribution < 1.29 is 9.90 Å². The van der Waals surface area contributed by atoms with Crippen molar-refractivity contribution in [3.05, 3.63) is 18.0 Å². The van der Waals surface area contributed by atoms with Gasteiger partial charge in [-0.3, -0.25) is 9.48 Å². The molecule has 0 aliphatic heterocycles. The van der Waals surface area contributed by atoms with Crippen LogP contribution in [0.2, 0.25) is 0 Å². The van der Waals surface area contributed by atoms with Gasteiger partial charge >= 0.3 is 5.97 Å². The van der Waals surface area contributed by atoms with Crippen LogP contribution in [0.1, 0.15) is 12.5 Å². The van der Waals surface area contributed by atoms with Gasteiger partial charge in [0.15, 0.2) is 0 Å². The van der Waals surface area contributed by atoms with E-state index in [1.165, 1.54) is 0 Å². The van der Waals surface area contributed by atoms with E-state index in [1.807, 2.05) is 13.1 Å². The summed E-state index contributed by atoms with van der Waals surface area (Å²) in [6.45, 7) is 2.77. The van der Waals surface area contributed by atoms with E-state index in [9.17, 15) is 4.79 Å². The average molecular weight is 200 g/mol. The maximum Gasteiger partial charge on any atom is 0.316 e. The molecule has 1 heterocycles. The second-order valence-corrected chi connectivity index (χ2v) is 3.39. The molecule has 0 aliphatic rings. The predicted octanol–water partition coefficient (Wildman–Crippen LogP) is 0.828. The fraction of sp³-hybridized carbons (Fsp3) is 0.500. The number of carbonyl (C=O) groups is 1. The van der Waals surface area contributed by atoms with E-state index in [4.69, 9.17) is 5.11 Å². The third-order valence-electron chi connectivity index (χ3n) is 1.72. The van der Waals surface area contributed by atoms with Crippen LogP contribution in [0.15, 0.2) is 12.4 Å². The number of carboxylic acid groups (broad SMARTS) is 1. The van der Waals surface area contributed by atoms with Gasteiger partial charge in [-0.25, -0.2) is 0 Å². The van der Waals surface area contributed by atoms with Crippen LogP contribution in [0.4, 0.5) is 0 Å². The Morgan fingerprint density at radius 1 is 1.85 bits per heavy atom. The first-order valence-electron chi connectivity index (χ1n) is 4.05. The van der Waals surface area contributed by atoms with Crippen LogP contribution in [-0.2, 0) is 17.8 Å². The molecule has 1 atom stereocenters. The molecule has 0 radical (unpaired) electrons. The van der Waals surface area contributed by atoms with Gasteiger partial charge in [-0.1, -0.05) is 0 Å². The molecular weight excluding hydrogens is 188 g/mol. The topological polar surface area (TPSA) is 55.1 Å². The van der Waals surface area contributed by atoms with Gasteiger partial charge in [0.25, 0.3) is 0 Å². The molecule has 0 saturated carbocycles. The first kappa shape index (κ1) is 10.1. The zero-order chi connectivity index (χ0) is 9.84. The summed E-state index contributed by atoms with van der Waals surface area (Å²) in [5.74, 6) is -0.896. The SMILES string of the molecule is CCn1cc(CC(S)C(=O)O)cn1. The lowest BCUT2D eigenvalue weighted by Crippen LogP contribution is -2.15. The summed E-state index contributed by atoms with van der Waals surface area (Å²) in [5, 5.41) is 12.0. The first-order valence-corrected chi connectivity index (χ1v) is 4.57. The van der Waals surface area contributed by atoms with Gasteiger partial charge in [-0.05, 0) is 18.9 Å². The van der Waals surface area contributed by atoms with Crippen molar-refractivity contribution >= 4 is 18.6 Å². The van der Waals surface area contributed by atoms with Crippen molar-refractivity contribution in [2.75, 3.05) is 0 Å². The highest BCUT2D eigenvalue weighted by Crippen LogP contribution is 2.07. The summed E-state index contributed by atoms with van der Waals surface area (Å²) >= 11 is 3.94. The lowest BCUT2D eigenvalue weighted by molar-refractivity contribution is -0.136. The number of carboxylic acids is 1. The minimum absolute atomic E-state index is 0.415. The first-order chi connectivity index (χ1) is 6.13. The number of rotatable bonds is 4. The monoisotopic (exact) mass is 200 g/mol. The normalized spacial score (nSPS) is 12.8. The minimum Gasteiger partial charge on any atom is -0.480 e. The van der Waals surface area contributed by atoms with Gasteiger partial charge in [0.1, 0.15) is 5.25 Å². The van der Waals surface area contributed by atoms with Crippen molar-refractivity contribution in [2.45, 2.75) is 25.1 Å². The van der Waals surface area contributed by atoms with Crippen molar-refractivity contribution in [3.63, 3.8) is 0 Å². The number of hydrogen-bond donors (Lipinski definition) is 2. The molecule has 4 nitrogen and oxygen atoms in total. The second kappa shape index (κ2) is 4.32. The quantitative estimate of drug-likeness (QED) is 0.708. The lowest BCUT2D eigenvalue weighted by Gasteiger charge is -2.01. The Balaban J connectivity index is 2.58. The maximum absolute atomic E-state index is 10.5. The van der Waals surface area contributed by atoms with Gasteiger partial charge in [0.2, 0.25) is 0 Å². The molecule has 1 aromatic heterocycles. The van der Waals surface area contributed by atoms with Gasteiger partial charge < -0.3 is 5.11 Å². The number of aromatic nitrogens is 2. The largest absolute Gasteiger partial charge is 0.480 e. The van der Waals surface area contributed by atoms with Gasteiger partial charge in [0, 0.05) is 12.7 Å². The predicted molar refractivity (Wildman–Crippen MR) is 52.0 cm³/mol. The van der Waals surface area contributed by atoms with Crippen LogP contribution in [0.3, 0.4) is 0 Å². The Morgan fingerprint density at radius 2 is 2.54 bits per heavy atom. The van der Waals surface area contributed by atoms with Crippen molar-refractivity contribution in [1.29, 1.82) is 0 Å². The van der Waals surface area contributed by atoms with E-state index in [-0.39, 0.29) is 0 Å². The van der Waals surface area contributed by atoms with E-state index >= 15 is 0 Å². The Bertz CT molecular complexity index is 298. The molecule has 72 valence electrons. The summed E-state index contributed by atoms with van der Waals surface area (Å²) in [7, 11) is 0. The molecule has 1 aromatic rings. The molecule has 0 aliphatic carbocycles. The van der Waals surface area contributed by atoms with Crippen LogP contribution in [-0.4, -0.2) is 26.1 Å². The number of aliphatic carboxylic acids is 1. The van der Waals surface area contributed by atoms with Gasteiger partial charge in [-0.2, -0.15) is 17.7 Å². The smallest absolute Gasteiger partial charge is 0.316 e. The molecule has 1 rings (SSSR count). The standard InChI is InChI=1S/C8H12N2O2S/c1-2-10-5-6(4-9-10)3-7(13)8(11)12/h4-5,7,13H,2-3H2,1H3,(H,11,12). The number of hydrogen-bond acceptors (Lipinski definition) is 3. The highest BCUT2D eigenvalue weighted by atomic mass is 32.1. The zero-order valence-corrected chi connectivity index (χ0v) is 8.24. The Hall–Kier alpha value is -0.970. The fourth-order valence-electron chi connectivity index (χ4n) is 0.995. The van der Waals surface area contributed by atoms with Gasteiger partial charge in [-0.15, -0.1) is 0 Å². The molecule has 0 amide bonds. The van der Waals surface area contributed by atoms with Crippen LogP contribution >= 0.6 is 12.6 Å². The van der Waals surface area contributed by atoms with Crippen LogP contribution in [0, 0.1) is 0 Å².